The van der Waals surface area contributed by atoms with Crippen LogP contribution >= 0.6 is 0 Å². The number of methoxy groups -OCH3 is 2. The van der Waals surface area contributed by atoms with E-state index in [0.717, 1.165) is 25.7 Å². The number of allylic oxidation sites excluding steroid dienone is 2. The summed E-state index contributed by atoms with van der Waals surface area (Å²) in [6.07, 6.45) is 6.83. The number of aliphatic hydroxyl groups excluding tert-OH is 1. The third kappa shape index (κ3) is 4.57. The topological polar surface area (TPSA) is 38.7 Å². The summed E-state index contributed by atoms with van der Waals surface area (Å²) < 4.78 is 11.3. The molecule has 3 nitrogen and oxygen atoms in total. The van der Waals surface area contributed by atoms with Gasteiger partial charge >= 0.3 is 0 Å². The fourth-order valence-corrected chi connectivity index (χ4v) is 3.64. The average molecular weight is 284 g/mol. The third-order valence-electron chi connectivity index (χ3n) is 4.75. The van der Waals surface area contributed by atoms with Crippen molar-refractivity contribution in [3.63, 3.8) is 0 Å². The van der Waals surface area contributed by atoms with Gasteiger partial charge in [-0.25, -0.2) is 0 Å². The van der Waals surface area contributed by atoms with Gasteiger partial charge in [-0.15, -0.1) is 0 Å². The average Bonchev–Trinajstić information content (AvgIpc) is 2.44. The highest BCUT2D eigenvalue weighted by atomic mass is 16.5. The van der Waals surface area contributed by atoms with E-state index in [2.05, 4.69) is 26.8 Å². The van der Waals surface area contributed by atoms with Gasteiger partial charge in [0.25, 0.3) is 0 Å². The van der Waals surface area contributed by atoms with Crippen molar-refractivity contribution < 1.29 is 14.6 Å². The Kier molecular flexibility index (Phi) is 7.78. The lowest BCUT2D eigenvalue weighted by Crippen LogP contribution is -2.48. The molecule has 0 aromatic rings. The Balaban J connectivity index is 2.74. The van der Waals surface area contributed by atoms with Crippen molar-refractivity contribution in [3.05, 3.63) is 11.6 Å². The number of aliphatic hydroxyl groups is 1. The standard InChI is InChI=1S/C17H32O3/c1-12(2)7-6-8-13(3)16-14(11-18)9-10-15(19-4)17(16)20-5/h7,13-18H,6,8-11H2,1-5H3/t13-,14?,15?,16?,17?/m1/s1. The summed E-state index contributed by atoms with van der Waals surface area (Å²) in [4.78, 5) is 0. The van der Waals surface area contributed by atoms with E-state index in [0.29, 0.717) is 17.8 Å². The zero-order valence-electron chi connectivity index (χ0n) is 13.8. The second kappa shape index (κ2) is 8.81. The molecule has 1 saturated carbocycles. The molecule has 0 aromatic carbocycles. The molecule has 0 radical (unpaired) electrons. The van der Waals surface area contributed by atoms with E-state index in [-0.39, 0.29) is 18.8 Å². The first-order valence-corrected chi connectivity index (χ1v) is 7.84. The quantitative estimate of drug-likeness (QED) is 0.728. The third-order valence-corrected chi connectivity index (χ3v) is 4.75. The summed E-state index contributed by atoms with van der Waals surface area (Å²) >= 11 is 0. The second-order valence-electron chi connectivity index (χ2n) is 6.41. The van der Waals surface area contributed by atoms with E-state index >= 15 is 0 Å². The Morgan fingerprint density at radius 3 is 2.45 bits per heavy atom. The highest BCUT2D eigenvalue weighted by Gasteiger charge is 2.41. The fraction of sp³-hybridized carbons (Fsp3) is 0.882. The summed E-state index contributed by atoms with van der Waals surface area (Å²) in [5.74, 6) is 1.26. The van der Waals surface area contributed by atoms with Crippen LogP contribution in [0.25, 0.3) is 0 Å². The molecule has 1 N–H and O–H groups in total. The summed E-state index contributed by atoms with van der Waals surface area (Å²) in [7, 11) is 3.53. The molecule has 4 unspecified atom stereocenters. The zero-order valence-corrected chi connectivity index (χ0v) is 13.8. The molecule has 20 heavy (non-hydrogen) atoms. The van der Waals surface area contributed by atoms with E-state index in [4.69, 9.17) is 9.47 Å². The van der Waals surface area contributed by atoms with Crippen LogP contribution in [0.4, 0.5) is 0 Å². The predicted molar refractivity (Wildman–Crippen MR) is 82.7 cm³/mol. The molecule has 5 atom stereocenters. The number of hydrogen-bond acceptors (Lipinski definition) is 3. The zero-order chi connectivity index (χ0) is 15.1. The molecular formula is C17H32O3. The minimum absolute atomic E-state index is 0.104. The summed E-state index contributed by atoms with van der Waals surface area (Å²) in [6, 6.07) is 0. The minimum Gasteiger partial charge on any atom is -0.396 e. The maximum Gasteiger partial charge on any atom is 0.0866 e. The van der Waals surface area contributed by atoms with Gasteiger partial charge in [-0.2, -0.15) is 0 Å². The largest absolute Gasteiger partial charge is 0.396 e. The van der Waals surface area contributed by atoms with E-state index in [1.54, 1.807) is 14.2 Å². The van der Waals surface area contributed by atoms with Crippen LogP contribution in [0.15, 0.2) is 11.6 Å². The fourth-order valence-electron chi connectivity index (χ4n) is 3.64. The van der Waals surface area contributed by atoms with Crippen molar-refractivity contribution >= 4 is 0 Å². The van der Waals surface area contributed by atoms with Crippen LogP contribution in [-0.2, 0) is 9.47 Å². The number of hydrogen-bond donors (Lipinski definition) is 1. The van der Waals surface area contributed by atoms with Crippen LogP contribution in [0.3, 0.4) is 0 Å². The Hall–Kier alpha value is -0.380. The Morgan fingerprint density at radius 2 is 1.95 bits per heavy atom. The molecule has 1 rings (SSSR count). The Labute approximate surface area is 124 Å². The van der Waals surface area contributed by atoms with Crippen LogP contribution in [0, 0.1) is 17.8 Å². The first kappa shape index (κ1) is 17.7. The van der Waals surface area contributed by atoms with Crippen LogP contribution in [-0.4, -0.2) is 38.1 Å². The van der Waals surface area contributed by atoms with Crippen molar-refractivity contribution in [1.29, 1.82) is 0 Å². The molecule has 0 heterocycles. The monoisotopic (exact) mass is 284 g/mol. The van der Waals surface area contributed by atoms with Crippen LogP contribution in [0.5, 0.6) is 0 Å². The first-order chi connectivity index (χ1) is 9.54. The number of rotatable bonds is 7. The second-order valence-corrected chi connectivity index (χ2v) is 6.41. The van der Waals surface area contributed by atoms with Gasteiger partial charge in [-0.05, 0) is 57.3 Å². The summed E-state index contributed by atoms with van der Waals surface area (Å²) in [5.41, 5.74) is 1.37. The van der Waals surface area contributed by atoms with Crippen molar-refractivity contribution in [1.82, 2.24) is 0 Å². The Bertz CT molecular complexity index is 297. The van der Waals surface area contributed by atoms with Crippen LogP contribution in [0.1, 0.15) is 46.5 Å². The molecule has 3 heteroatoms. The Morgan fingerprint density at radius 1 is 1.25 bits per heavy atom. The van der Waals surface area contributed by atoms with Gasteiger partial charge < -0.3 is 14.6 Å². The van der Waals surface area contributed by atoms with Gasteiger partial charge in [0.2, 0.25) is 0 Å². The van der Waals surface area contributed by atoms with Crippen LogP contribution in [0.2, 0.25) is 0 Å². The minimum atomic E-state index is 0.104. The molecule has 1 fully saturated rings. The summed E-state index contributed by atoms with van der Waals surface area (Å²) in [6.45, 7) is 6.82. The molecule has 0 spiro atoms. The van der Waals surface area contributed by atoms with Crippen molar-refractivity contribution in [2.45, 2.75) is 58.7 Å². The first-order valence-electron chi connectivity index (χ1n) is 7.84. The van der Waals surface area contributed by atoms with Gasteiger partial charge in [0, 0.05) is 20.8 Å². The molecule has 1 aliphatic carbocycles. The highest BCUT2D eigenvalue weighted by Crippen LogP contribution is 2.39. The van der Waals surface area contributed by atoms with E-state index in [1.165, 1.54) is 5.57 Å². The SMILES string of the molecule is COC1CCC(CO)C([C@H](C)CCC=C(C)C)C1OC. The smallest absolute Gasteiger partial charge is 0.0866 e. The van der Waals surface area contributed by atoms with Crippen LogP contribution < -0.4 is 0 Å². The van der Waals surface area contributed by atoms with Gasteiger partial charge in [0.1, 0.15) is 0 Å². The maximum absolute atomic E-state index is 9.69. The molecule has 118 valence electrons. The van der Waals surface area contributed by atoms with Crippen molar-refractivity contribution in [2.24, 2.45) is 17.8 Å². The lowest BCUT2D eigenvalue weighted by Gasteiger charge is -2.44. The molecular weight excluding hydrogens is 252 g/mol. The lowest BCUT2D eigenvalue weighted by atomic mass is 9.69. The van der Waals surface area contributed by atoms with Crippen molar-refractivity contribution in [3.8, 4) is 0 Å². The van der Waals surface area contributed by atoms with Gasteiger partial charge in [-0.1, -0.05) is 18.6 Å². The summed E-state index contributed by atoms with van der Waals surface area (Å²) in [5, 5.41) is 9.69. The number of ether oxygens (including phenoxy) is 2. The van der Waals surface area contributed by atoms with E-state index < -0.39 is 0 Å². The highest BCUT2D eigenvalue weighted by molar-refractivity contribution is 4.95. The van der Waals surface area contributed by atoms with E-state index in [9.17, 15) is 5.11 Å². The lowest BCUT2D eigenvalue weighted by molar-refractivity contribution is -0.125. The van der Waals surface area contributed by atoms with E-state index in [1.807, 2.05) is 0 Å². The van der Waals surface area contributed by atoms with Gasteiger partial charge in [-0.3, -0.25) is 0 Å². The predicted octanol–water partition coefficient (Wildman–Crippen LogP) is 3.42. The molecule has 0 bridgehead atoms. The van der Waals surface area contributed by atoms with Gasteiger partial charge in [0.15, 0.2) is 0 Å². The molecule has 0 aliphatic heterocycles. The molecule has 0 amide bonds. The van der Waals surface area contributed by atoms with Crippen molar-refractivity contribution in [2.75, 3.05) is 20.8 Å². The normalized spacial score (nSPS) is 31.9. The molecule has 1 aliphatic rings. The van der Waals surface area contributed by atoms with Gasteiger partial charge in [0.05, 0.1) is 12.2 Å². The molecule has 0 saturated heterocycles. The molecule has 0 aromatic heterocycles. The maximum atomic E-state index is 9.69.